The highest BCUT2D eigenvalue weighted by atomic mass is 32.2. The van der Waals surface area contributed by atoms with Gasteiger partial charge in [-0.25, -0.2) is 0 Å². The zero-order chi connectivity index (χ0) is 27.3. The molecule has 0 radical (unpaired) electrons. The maximum absolute atomic E-state index is 12.9. The SMILES string of the molecule is CCOc1cc(/C=C2\SC(=O)N(Cc3ccccc3)C2=O)ccc1OS(=O)(=O)c1ccc(NC(C)=O)cc1. The van der Waals surface area contributed by atoms with E-state index in [2.05, 4.69) is 5.32 Å². The lowest BCUT2D eigenvalue weighted by Gasteiger charge is -2.13. The Balaban J connectivity index is 1.54. The first-order valence-corrected chi connectivity index (χ1v) is 13.8. The molecule has 1 heterocycles. The van der Waals surface area contributed by atoms with Crippen LogP contribution in [0.3, 0.4) is 0 Å². The minimum absolute atomic E-state index is 0.0351. The number of hydrogen-bond acceptors (Lipinski definition) is 8. The summed E-state index contributed by atoms with van der Waals surface area (Å²) in [4.78, 5) is 37.9. The summed E-state index contributed by atoms with van der Waals surface area (Å²) in [6.07, 6.45) is 1.55. The van der Waals surface area contributed by atoms with Crippen LogP contribution in [0.5, 0.6) is 11.5 Å². The third-order valence-electron chi connectivity index (χ3n) is 5.29. The van der Waals surface area contributed by atoms with E-state index in [4.69, 9.17) is 8.92 Å². The summed E-state index contributed by atoms with van der Waals surface area (Å²) < 4.78 is 36.6. The molecular weight excluding hydrogens is 528 g/mol. The Morgan fingerprint density at radius 3 is 2.37 bits per heavy atom. The number of carbonyl (C=O) groups is 3. The van der Waals surface area contributed by atoms with Gasteiger partial charge < -0.3 is 14.2 Å². The van der Waals surface area contributed by atoms with Crippen LogP contribution in [0.2, 0.25) is 0 Å². The number of ether oxygens (including phenoxy) is 1. The van der Waals surface area contributed by atoms with Crippen molar-refractivity contribution in [3.63, 3.8) is 0 Å². The van der Waals surface area contributed by atoms with E-state index in [1.165, 1.54) is 42.2 Å². The molecule has 3 aromatic carbocycles. The molecule has 196 valence electrons. The average Bonchev–Trinajstić information content (AvgIpc) is 3.13. The molecular formula is C27H24N2O7S2. The van der Waals surface area contributed by atoms with Crippen LogP contribution in [0.25, 0.3) is 6.08 Å². The number of carbonyl (C=O) groups excluding carboxylic acids is 3. The fourth-order valence-electron chi connectivity index (χ4n) is 3.58. The van der Waals surface area contributed by atoms with Crippen LogP contribution in [-0.4, -0.2) is 37.0 Å². The lowest BCUT2D eigenvalue weighted by Crippen LogP contribution is -2.27. The molecule has 0 bridgehead atoms. The number of anilines is 1. The smallest absolute Gasteiger partial charge is 0.339 e. The first-order valence-electron chi connectivity index (χ1n) is 11.5. The van der Waals surface area contributed by atoms with Gasteiger partial charge in [0.05, 0.1) is 18.1 Å². The van der Waals surface area contributed by atoms with Crippen molar-refractivity contribution in [2.24, 2.45) is 0 Å². The van der Waals surface area contributed by atoms with Crippen LogP contribution in [0.15, 0.2) is 82.6 Å². The summed E-state index contributed by atoms with van der Waals surface area (Å²) in [6.45, 7) is 3.49. The molecule has 38 heavy (non-hydrogen) atoms. The summed E-state index contributed by atoms with van der Waals surface area (Å²) in [5.74, 6) is -0.568. The minimum Gasteiger partial charge on any atom is -0.490 e. The highest BCUT2D eigenvalue weighted by Gasteiger charge is 2.35. The highest BCUT2D eigenvalue weighted by Crippen LogP contribution is 2.36. The van der Waals surface area contributed by atoms with Crippen molar-refractivity contribution < 1.29 is 31.7 Å². The molecule has 1 aliphatic rings. The second-order valence-corrected chi connectivity index (χ2v) is 10.7. The topological polar surface area (TPSA) is 119 Å². The Morgan fingerprint density at radius 2 is 1.71 bits per heavy atom. The first-order chi connectivity index (χ1) is 18.2. The zero-order valence-electron chi connectivity index (χ0n) is 20.5. The van der Waals surface area contributed by atoms with Gasteiger partial charge in [-0.15, -0.1) is 0 Å². The molecule has 0 atom stereocenters. The third kappa shape index (κ3) is 6.42. The number of benzene rings is 3. The molecule has 3 aromatic rings. The van der Waals surface area contributed by atoms with Gasteiger partial charge in [-0.3, -0.25) is 19.3 Å². The summed E-state index contributed by atoms with van der Waals surface area (Å²) in [5.41, 5.74) is 1.81. The molecule has 0 saturated carbocycles. The molecule has 9 nitrogen and oxygen atoms in total. The Morgan fingerprint density at radius 1 is 1.00 bits per heavy atom. The largest absolute Gasteiger partial charge is 0.490 e. The van der Waals surface area contributed by atoms with Crippen molar-refractivity contribution in [3.05, 3.63) is 88.8 Å². The summed E-state index contributed by atoms with van der Waals surface area (Å²) in [5, 5.41) is 2.20. The number of rotatable bonds is 9. The first kappa shape index (κ1) is 27.0. The lowest BCUT2D eigenvalue weighted by atomic mass is 10.1. The van der Waals surface area contributed by atoms with Crippen LogP contribution in [0.1, 0.15) is 25.0 Å². The predicted molar refractivity (Wildman–Crippen MR) is 144 cm³/mol. The van der Waals surface area contributed by atoms with Crippen molar-refractivity contribution in [1.82, 2.24) is 4.90 Å². The van der Waals surface area contributed by atoms with E-state index in [9.17, 15) is 22.8 Å². The van der Waals surface area contributed by atoms with Gasteiger partial charge in [0.2, 0.25) is 5.91 Å². The quantitative estimate of drug-likeness (QED) is 0.289. The van der Waals surface area contributed by atoms with E-state index in [0.717, 1.165) is 17.3 Å². The molecule has 1 N–H and O–H groups in total. The fraction of sp³-hybridized carbons (Fsp3) is 0.148. The summed E-state index contributed by atoms with van der Waals surface area (Å²) >= 11 is 0.836. The Hall–Kier alpha value is -4.09. The summed E-state index contributed by atoms with van der Waals surface area (Å²) in [7, 11) is -4.21. The predicted octanol–water partition coefficient (Wildman–Crippen LogP) is 5.05. The average molecular weight is 553 g/mol. The number of thioether (sulfide) groups is 1. The van der Waals surface area contributed by atoms with E-state index in [1.54, 1.807) is 25.1 Å². The molecule has 11 heteroatoms. The molecule has 3 amide bonds. The Bertz CT molecular complexity index is 1500. The Labute approximate surface area is 224 Å². The van der Waals surface area contributed by atoms with Crippen LogP contribution >= 0.6 is 11.8 Å². The normalized spacial score (nSPS) is 14.6. The number of amides is 3. The van der Waals surface area contributed by atoms with Gasteiger partial charge in [0, 0.05) is 12.6 Å². The molecule has 0 unspecified atom stereocenters. The number of nitrogens with zero attached hydrogens (tertiary/aromatic N) is 1. The van der Waals surface area contributed by atoms with E-state index in [0.29, 0.717) is 11.3 Å². The van der Waals surface area contributed by atoms with Crippen LogP contribution in [0.4, 0.5) is 10.5 Å². The van der Waals surface area contributed by atoms with Gasteiger partial charge in [-0.05, 0) is 72.3 Å². The molecule has 0 aromatic heterocycles. The monoisotopic (exact) mass is 552 g/mol. The second kappa shape index (κ2) is 11.5. The van der Waals surface area contributed by atoms with Gasteiger partial charge in [-0.1, -0.05) is 36.4 Å². The maximum atomic E-state index is 12.9. The summed E-state index contributed by atoms with van der Waals surface area (Å²) in [6, 6.07) is 19.3. The molecule has 1 saturated heterocycles. The molecule has 4 rings (SSSR count). The van der Waals surface area contributed by atoms with Crippen LogP contribution in [-0.2, 0) is 26.3 Å². The number of nitrogens with one attached hydrogen (secondary N) is 1. The van der Waals surface area contributed by atoms with Crippen molar-refractivity contribution in [1.29, 1.82) is 0 Å². The van der Waals surface area contributed by atoms with Gasteiger partial charge in [0.15, 0.2) is 11.5 Å². The van der Waals surface area contributed by atoms with E-state index in [1.807, 2.05) is 30.3 Å². The molecule has 0 spiro atoms. The Kier molecular flexibility index (Phi) is 8.18. The van der Waals surface area contributed by atoms with E-state index < -0.39 is 16.0 Å². The maximum Gasteiger partial charge on any atom is 0.339 e. The van der Waals surface area contributed by atoms with Gasteiger partial charge in [-0.2, -0.15) is 8.42 Å². The van der Waals surface area contributed by atoms with Crippen molar-refractivity contribution >= 4 is 50.7 Å². The molecule has 1 fully saturated rings. The minimum atomic E-state index is -4.21. The van der Waals surface area contributed by atoms with Gasteiger partial charge in [0.25, 0.3) is 11.1 Å². The standard InChI is InChI=1S/C27H24N2O7S2/c1-3-35-24-15-20(16-25-26(31)29(27(32)37-25)17-19-7-5-4-6-8-19)9-14-23(24)36-38(33,34)22-12-10-21(11-13-22)28-18(2)30/h4-16H,3,17H2,1-2H3,(H,28,30)/b25-16-. The van der Waals surface area contributed by atoms with Crippen LogP contribution in [0, 0.1) is 0 Å². The van der Waals surface area contributed by atoms with E-state index in [-0.39, 0.29) is 45.6 Å². The zero-order valence-corrected chi connectivity index (χ0v) is 22.2. The molecule has 0 aliphatic carbocycles. The van der Waals surface area contributed by atoms with Crippen molar-refractivity contribution in [2.45, 2.75) is 25.3 Å². The number of hydrogen-bond donors (Lipinski definition) is 1. The van der Waals surface area contributed by atoms with Gasteiger partial charge >= 0.3 is 10.1 Å². The lowest BCUT2D eigenvalue weighted by molar-refractivity contribution is -0.123. The third-order valence-corrected chi connectivity index (χ3v) is 7.44. The number of imide groups is 1. The molecule has 1 aliphatic heterocycles. The van der Waals surface area contributed by atoms with E-state index >= 15 is 0 Å². The fourth-order valence-corrected chi connectivity index (χ4v) is 5.36. The highest BCUT2D eigenvalue weighted by molar-refractivity contribution is 8.18. The van der Waals surface area contributed by atoms with Gasteiger partial charge in [0.1, 0.15) is 4.90 Å². The van der Waals surface area contributed by atoms with Crippen molar-refractivity contribution in [3.8, 4) is 11.5 Å². The van der Waals surface area contributed by atoms with Crippen LogP contribution < -0.4 is 14.2 Å². The second-order valence-electron chi connectivity index (χ2n) is 8.14. The van der Waals surface area contributed by atoms with Crippen molar-refractivity contribution in [2.75, 3.05) is 11.9 Å².